The molecule has 2 aromatic rings. The first-order valence-electron chi connectivity index (χ1n) is 5.79. The van der Waals surface area contributed by atoms with Gasteiger partial charge in [-0.2, -0.15) is 4.73 Å². The first kappa shape index (κ1) is 14.0. The average molecular weight is 281 g/mol. The molecule has 1 heterocycles. The number of hydrogen-bond acceptors (Lipinski definition) is 4. The topological polar surface area (TPSA) is 62.5 Å². The summed E-state index contributed by atoms with van der Waals surface area (Å²) >= 11 is 0. The number of benzene rings is 1. The van der Waals surface area contributed by atoms with Crippen LogP contribution in [0.5, 0.6) is 0 Å². The van der Waals surface area contributed by atoms with E-state index in [1.54, 1.807) is 13.8 Å². The highest BCUT2D eigenvalue weighted by atomic mass is 31.2. The van der Waals surface area contributed by atoms with E-state index in [0.717, 1.165) is 15.5 Å². The van der Waals surface area contributed by atoms with Crippen molar-refractivity contribution in [3.05, 3.63) is 40.9 Å². The Morgan fingerprint density at radius 1 is 1.05 bits per heavy atom. The van der Waals surface area contributed by atoms with Gasteiger partial charge in [0.1, 0.15) is 5.30 Å². The summed E-state index contributed by atoms with van der Waals surface area (Å²) in [6.45, 7) is 3.35. The average Bonchev–Trinajstić information content (AvgIpc) is 2.44. The van der Waals surface area contributed by atoms with Crippen molar-refractivity contribution in [3.8, 4) is 0 Å². The molecule has 2 rings (SSSR count). The number of fused-ring (bicyclic) bond motifs is 1. The summed E-state index contributed by atoms with van der Waals surface area (Å²) in [4.78, 5) is 0. The van der Waals surface area contributed by atoms with Crippen molar-refractivity contribution in [1.29, 1.82) is 0 Å². The highest BCUT2D eigenvalue weighted by Crippen LogP contribution is 2.47. The van der Waals surface area contributed by atoms with Crippen LogP contribution in [0.4, 0.5) is 0 Å². The molecule has 0 unspecified atom stereocenters. The second-order valence-electron chi connectivity index (χ2n) is 4.22. The van der Waals surface area contributed by atoms with Crippen molar-refractivity contribution in [2.24, 2.45) is 0 Å². The van der Waals surface area contributed by atoms with Crippen molar-refractivity contribution in [2.75, 3.05) is 14.2 Å². The number of aryl methyl sites for hydroxylation is 1. The lowest BCUT2D eigenvalue weighted by atomic mass is 10.1. The summed E-state index contributed by atoms with van der Waals surface area (Å²) in [6, 6.07) is 7.29. The van der Waals surface area contributed by atoms with Gasteiger partial charge in [0, 0.05) is 33.5 Å². The number of aromatic nitrogens is 1. The van der Waals surface area contributed by atoms with Crippen molar-refractivity contribution in [3.63, 3.8) is 0 Å². The Labute approximate surface area is 111 Å². The summed E-state index contributed by atoms with van der Waals surface area (Å²) in [5, 5.41) is 14.0. The molecule has 0 atom stereocenters. The van der Waals surface area contributed by atoms with E-state index in [4.69, 9.17) is 9.05 Å². The molecular weight excluding hydrogens is 265 g/mol. The van der Waals surface area contributed by atoms with E-state index in [-0.39, 0.29) is 0 Å². The predicted molar refractivity (Wildman–Crippen MR) is 73.6 cm³/mol. The van der Waals surface area contributed by atoms with Crippen LogP contribution in [0.25, 0.3) is 10.8 Å². The molecule has 0 aliphatic carbocycles. The zero-order chi connectivity index (χ0) is 14.2. The van der Waals surface area contributed by atoms with Gasteiger partial charge in [-0.25, -0.2) is 0 Å². The Bertz CT molecular complexity index is 676. The first-order valence-corrected chi connectivity index (χ1v) is 7.34. The highest BCUT2D eigenvalue weighted by Gasteiger charge is 2.34. The van der Waals surface area contributed by atoms with E-state index < -0.39 is 7.60 Å². The number of rotatable bonds is 3. The number of pyridine rings is 1. The predicted octanol–water partition coefficient (Wildman–Crippen LogP) is 2.20. The SMILES string of the molecule is COP(=O)(OC)c1c(C)[n+]([O-])c(C)c2ccccc12. The van der Waals surface area contributed by atoms with Gasteiger partial charge in [0.2, 0.25) is 5.69 Å². The molecule has 0 radical (unpaired) electrons. The normalized spacial score (nSPS) is 12.0. The van der Waals surface area contributed by atoms with E-state index in [2.05, 4.69) is 0 Å². The maximum atomic E-state index is 12.7. The van der Waals surface area contributed by atoms with Crippen LogP contribution in [0.1, 0.15) is 11.4 Å². The van der Waals surface area contributed by atoms with Gasteiger partial charge in [-0.15, -0.1) is 0 Å². The molecule has 1 aromatic heterocycles. The van der Waals surface area contributed by atoms with Gasteiger partial charge in [-0.3, -0.25) is 4.57 Å². The van der Waals surface area contributed by atoms with E-state index in [1.165, 1.54) is 14.2 Å². The van der Waals surface area contributed by atoms with Gasteiger partial charge in [0.15, 0.2) is 5.69 Å². The second-order valence-corrected chi connectivity index (χ2v) is 6.39. The quantitative estimate of drug-likeness (QED) is 0.491. The monoisotopic (exact) mass is 281 g/mol. The molecule has 0 aliphatic heterocycles. The summed E-state index contributed by atoms with van der Waals surface area (Å²) in [5.41, 5.74) is 0.902. The summed E-state index contributed by atoms with van der Waals surface area (Å²) in [6.07, 6.45) is 0. The lowest BCUT2D eigenvalue weighted by Gasteiger charge is -2.18. The molecule has 0 saturated carbocycles. The van der Waals surface area contributed by atoms with Crippen molar-refractivity contribution in [1.82, 2.24) is 0 Å². The molecule has 1 aromatic carbocycles. The number of nitrogens with zero attached hydrogens (tertiary/aromatic N) is 1. The molecule has 0 bridgehead atoms. The van der Waals surface area contributed by atoms with Gasteiger partial charge in [0.25, 0.3) is 0 Å². The van der Waals surface area contributed by atoms with Crippen LogP contribution in [0.15, 0.2) is 24.3 Å². The van der Waals surface area contributed by atoms with E-state index >= 15 is 0 Å². The minimum absolute atomic E-state index is 0.328. The standard InChI is InChI=1S/C13H16NO4P/c1-9-11-7-5-6-8-12(11)13(10(2)14(9)15)19(16,17-3)18-4/h5-8H,1-4H3. The molecule has 0 fully saturated rings. The third-order valence-corrected chi connectivity index (χ3v) is 5.35. The molecule has 19 heavy (non-hydrogen) atoms. The third kappa shape index (κ3) is 2.04. The molecule has 6 heteroatoms. The van der Waals surface area contributed by atoms with Gasteiger partial charge in [0.05, 0.1) is 5.39 Å². The fourth-order valence-electron chi connectivity index (χ4n) is 2.26. The van der Waals surface area contributed by atoms with E-state index in [0.29, 0.717) is 16.7 Å². The Hall–Kier alpha value is -1.42. The maximum absolute atomic E-state index is 12.7. The van der Waals surface area contributed by atoms with Crippen LogP contribution >= 0.6 is 7.60 Å². The lowest BCUT2D eigenvalue weighted by Crippen LogP contribution is -2.40. The fourth-order valence-corrected chi connectivity index (χ4v) is 3.75. The van der Waals surface area contributed by atoms with Crippen molar-refractivity contribution >= 4 is 23.7 Å². The molecule has 0 amide bonds. The Kier molecular flexibility index (Phi) is 3.63. The molecule has 5 nitrogen and oxygen atoms in total. The van der Waals surface area contributed by atoms with Crippen LogP contribution in [0.3, 0.4) is 0 Å². The smallest absolute Gasteiger partial charge is 0.367 e. The molecule has 0 aliphatic rings. The van der Waals surface area contributed by atoms with E-state index in [9.17, 15) is 9.77 Å². The molecule has 0 saturated heterocycles. The Balaban J connectivity index is 2.99. The van der Waals surface area contributed by atoms with Crippen LogP contribution < -0.4 is 10.0 Å². The van der Waals surface area contributed by atoms with Gasteiger partial charge < -0.3 is 14.3 Å². The second kappa shape index (κ2) is 4.93. The van der Waals surface area contributed by atoms with Crippen molar-refractivity contribution < 1.29 is 18.3 Å². The van der Waals surface area contributed by atoms with Gasteiger partial charge >= 0.3 is 7.60 Å². The van der Waals surface area contributed by atoms with E-state index in [1.807, 2.05) is 24.3 Å². The Morgan fingerprint density at radius 3 is 2.11 bits per heavy atom. The van der Waals surface area contributed by atoms with Crippen LogP contribution in [-0.4, -0.2) is 14.2 Å². The summed E-state index contributed by atoms with van der Waals surface area (Å²) in [5.74, 6) is 0. The zero-order valence-electron chi connectivity index (χ0n) is 11.3. The summed E-state index contributed by atoms with van der Waals surface area (Å²) in [7, 11) is -0.858. The number of hydrogen-bond donors (Lipinski definition) is 0. The van der Waals surface area contributed by atoms with Gasteiger partial charge in [-0.1, -0.05) is 18.2 Å². The zero-order valence-corrected chi connectivity index (χ0v) is 12.2. The van der Waals surface area contributed by atoms with Gasteiger partial charge in [-0.05, 0) is 6.07 Å². The van der Waals surface area contributed by atoms with Crippen LogP contribution in [-0.2, 0) is 13.6 Å². The molecule has 102 valence electrons. The fraction of sp³-hybridized carbons (Fsp3) is 0.308. The molecule has 0 spiro atoms. The maximum Gasteiger partial charge on any atom is 0.367 e. The molecule has 0 N–H and O–H groups in total. The lowest BCUT2D eigenvalue weighted by molar-refractivity contribution is -0.616. The highest BCUT2D eigenvalue weighted by molar-refractivity contribution is 7.62. The molecular formula is C13H16NO4P. The largest absolute Gasteiger partial charge is 0.618 e. The Morgan fingerprint density at radius 2 is 1.58 bits per heavy atom. The summed E-state index contributed by atoms with van der Waals surface area (Å²) < 4.78 is 23.5. The van der Waals surface area contributed by atoms with Crippen LogP contribution in [0, 0.1) is 19.1 Å². The van der Waals surface area contributed by atoms with Crippen LogP contribution in [0.2, 0.25) is 0 Å². The van der Waals surface area contributed by atoms with Crippen molar-refractivity contribution in [2.45, 2.75) is 13.8 Å². The minimum atomic E-state index is -3.48. The third-order valence-electron chi connectivity index (χ3n) is 3.28. The minimum Gasteiger partial charge on any atom is -0.618 e. The first-order chi connectivity index (χ1) is 8.96.